The number of nitrogens with zero attached hydrogens (tertiary/aromatic N) is 1. The SMILES string of the molecule is Cc1ccc(S(=O)(=O)N=S(=O)(C[C@@H](O)C(C)C)c2ccccc2)cc1. The lowest BCUT2D eigenvalue weighted by Gasteiger charge is -2.18. The highest BCUT2D eigenvalue weighted by atomic mass is 32.3. The van der Waals surface area contributed by atoms with Gasteiger partial charge in [0, 0.05) is 4.90 Å². The van der Waals surface area contributed by atoms with Gasteiger partial charge in [-0.1, -0.05) is 49.7 Å². The summed E-state index contributed by atoms with van der Waals surface area (Å²) in [6, 6.07) is 14.4. The second-order valence-corrected chi connectivity index (χ2v) is 10.4. The molecule has 0 bridgehead atoms. The molecule has 2 aromatic carbocycles. The molecule has 2 rings (SSSR count). The standard InChI is InChI=1S/C18H23NO4S2/c1-14(2)18(20)13-24(21,16-7-5-4-6-8-16)19-25(22,23)17-11-9-15(3)10-12-17/h4-12,14,18,20H,13H2,1-3H3/t18-,24?/m1/s1. The van der Waals surface area contributed by atoms with E-state index >= 15 is 0 Å². The Morgan fingerprint density at radius 3 is 2.00 bits per heavy atom. The fraction of sp³-hybridized carbons (Fsp3) is 0.333. The van der Waals surface area contributed by atoms with E-state index in [9.17, 15) is 17.7 Å². The Morgan fingerprint density at radius 1 is 0.920 bits per heavy atom. The van der Waals surface area contributed by atoms with Crippen LogP contribution in [0.2, 0.25) is 0 Å². The maximum Gasteiger partial charge on any atom is 0.290 e. The monoisotopic (exact) mass is 381 g/mol. The maximum atomic E-state index is 13.5. The molecule has 0 radical (unpaired) electrons. The first-order valence-electron chi connectivity index (χ1n) is 7.95. The van der Waals surface area contributed by atoms with Crippen LogP contribution in [0.1, 0.15) is 19.4 Å². The van der Waals surface area contributed by atoms with E-state index in [0.29, 0.717) is 4.90 Å². The van der Waals surface area contributed by atoms with Gasteiger partial charge in [0.15, 0.2) is 0 Å². The molecule has 0 aliphatic heterocycles. The molecular weight excluding hydrogens is 358 g/mol. The van der Waals surface area contributed by atoms with E-state index in [2.05, 4.69) is 3.77 Å². The van der Waals surface area contributed by atoms with Gasteiger partial charge in [-0.2, -0.15) is 8.42 Å². The van der Waals surface area contributed by atoms with Gasteiger partial charge in [0.05, 0.1) is 26.5 Å². The van der Waals surface area contributed by atoms with E-state index in [1.54, 1.807) is 56.3 Å². The van der Waals surface area contributed by atoms with Crippen molar-refractivity contribution >= 4 is 19.8 Å². The van der Waals surface area contributed by atoms with Crippen molar-refractivity contribution in [2.75, 3.05) is 5.75 Å². The fourth-order valence-electron chi connectivity index (χ4n) is 2.14. The summed E-state index contributed by atoms with van der Waals surface area (Å²) in [5.74, 6) is -0.401. The van der Waals surface area contributed by atoms with Crippen LogP contribution < -0.4 is 0 Å². The van der Waals surface area contributed by atoms with Crippen molar-refractivity contribution in [1.29, 1.82) is 0 Å². The molecule has 0 aliphatic carbocycles. The molecule has 1 unspecified atom stereocenters. The number of aliphatic hydroxyl groups is 1. The number of sulfonamides is 1. The van der Waals surface area contributed by atoms with E-state index in [0.717, 1.165) is 5.56 Å². The molecule has 0 fully saturated rings. The summed E-state index contributed by atoms with van der Waals surface area (Å²) < 4.78 is 42.5. The number of aliphatic hydroxyl groups excluding tert-OH is 1. The molecule has 1 N–H and O–H groups in total. The summed E-state index contributed by atoms with van der Waals surface area (Å²) in [7, 11) is -7.46. The van der Waals surface area contributed by atoms with Gasteiger partial charge < -0.3 is 5.11 Å². The van der Waals surface area contributed by atoms with Crippen molar-refractivity contribution in [2.24, 2.45) is 9.69 Å². The van der Waals surface area contributed by atoms with E-state index in [4.69, 9.17) is 0 Å². The third-order valence-corrected chi connectivity index (χ3v) is 8.23. The molecule has 2 aromatic rings. The lowest BCUT2D eigenvalue weighted by atomic mass is 10.1. The lowest BCUT2D eigenvalue weighted by molar-refractivity contribution is 0.148. The van der Waals surface area contributed by atoms with Crippen molar-refractivity contribution < 1.29 is 17.7 Å². The summed E-state index contributed by atoms with van der Waals surface area (Å²) in [6.07, 6.45) is -0.926. The summed E-state index contributed by atoms with van der Waals surface area (Å²) >= 11 is 0. The zero-order chi connectivity index (χ0) is 18.7. The van der Waals surface area contributed by atoms with Crippen LogP contribution in [0.3, 0.4) is 0 Å². The summed E-state index contributed by atoms with van der Waals surface area (Å²) in [4.78, 5) is 0.283. The van der Waals surface area contributed by atoms with Crippen LogP contribution in [0.15, 0.2) is 68.2 Å². The van der Waals surface area contributed by atoms with Gasteiger partial charge in [0.1, 0.15) is 0 Å². The van der Waals surface area contributed by atoms with Crippen LogP contribution in [0, 0.1) is 12.8 Å². The van der Waals surface area contributed by atoms with Crippen LogP contribution in [-0.2, 0) is 19.8 Å². The molecule has 0 saturated heterocycles. The van der Waals surface area contributed by atoms with Crippen molar-refractivity contribution in [3.63, 3.8) is 0 Å². The van der Waals surface area contributed by atoms with Crippen molar-refractivity contribution in [2.45, 2.75) is 36.7 Å². The molecule has 2 atom stereocenters. The average molecular weight is 382 g/mol. The Bertz CT molecular complexity index is 927. The van der Waals surface area contributed by atoms with E-state index < -0.39 is 25.9 Å². The van der Waals surface area contributed by atoms with Crippen LogP contribution in [0.5, 0.6) is 0 Å². The summed E-state index contributed by atoms with van der Waals surface area (Å²) in [6.45, 7) is 5.41. The topological polar surface area (TPSA) is 83.8 Å². The second kappa shape index (κ2) is 7.68. The van der Waals surface area contributed by atoms with E-state index in [1.807, 2.05) is 6.92 Å². The summed E-state index contributed by atoms with van der Waals surface area (Å²) in [5.41, 5.74) is 0.915. The van der Waals surface area contributed by atoms with Gasteiger partial charge in [-0.15, -0.1) is 3.77 Å². The van der Waals surface area contributed by atoms with Crippen molar-refractivity contribution in [3.8, 4) is 0 Å². The second-order valence-electron chi connectivity index (χ2n) is 6.29. The van der Waals surface area contributed by atoms with Gasteiger partial charge in [-0.05, 0) is 37.1 Å². The van der Waals surface area contributed by atoms with Crippen LogP contribution >= 0.6 is 0 Å². The minimum Gasteiger partial charge on any atom is -0.392 e. The number of rotatable bonds is 6. The Hall–Kier alpha value is -1.70. The van der Waals surface area contributed by atoms with Gasteiger partial charge in [-0.25, -0.2) is 4.21 Å². The minimum absolute atomic E-state index is 0.0132. The van der Waals surface area contributed by atoms with Crippen LogP contribution in [0.25, 0.3) is 0 Å². The Morgan fingerprint density at radius 2 is 1.48 bits per heavy atom. The highest BCUT2D eigenvalue weighted by molar-refractivity contribution is 8.03. The normalized spacial score (nSPS) is 15.6. The molecule has 0 heterocycles. The first kappa shape index (κ1) is 19.6. The Labute approximate surface area is 150 Å². The molecule has 5 nitrogen and oxygen atoms in total. The quantitative estimate of drug-likeness (QED) is 0.833. The largest absolute Gasteiger partial charge is 0.392 e. The molecule has 0 aliphatic rings. The molecule has 7 heteroatoms. The van der Waals surface area contributed by atoms with E-state index in [1.165, 1.54) is 12.1 Å². The fourth-order valence-corrected chi connectivity index (χ4v) is 6.44. The molecule has 0 spiro atoms. The molecule has 0 amide bonds. The third kappa shape index (κ3) is 4.90. The number of benzene rings is 2. The molecule has 136 valence electrons. The van der Waals surface area contributed by atoms with Gasteiger partial charge >= 0.3 is 0 Å². The summed E-state index contributed by atoms with van der Waals surface area (Å²) in [5, 5.41) is 10.2. The Balaban J connectivity index is 2.60. The predicted molar refractivity (Wildman–Crippen MR) is 99.4 cm³/mol. The maximum absolute atomic E-state index is 13.5. The minimum atomic E-state index is -4.12. The third-order valence-electron chi connectivity index (χ3n) is 3.82. The predicted octanol–water partition coefficient (Wildman–Crippen LogP) is 3.23. The average Bonchev–Trinajstić information content (AvgIpc) is 2.55. The van der Waals surface area contributed by atoms with Crippen LogP contribution in [0.4, 0.5) is 0 Å². The number of hydrogen-bond donors (Lipinski definition) is 1. The molecular formula is C18H23NO4S2. The van der Waals surface area contributed by atoms with Crippen molar-refractivity contribution in [3.05, 3.63) is 60.2 Å². The number of aryl methyl sites for hydroxylation is 1. The zero-order valence-corrected chi connectivity index (χ0v) is 16.1. The smallest absolute Gasteiger partial charge is 0.290 e. The highest BCUT2D eigenvalue weighted by Gasteiger charge is 2.25. The van der Waals surface area contributed by atoms with Crippen molar-refractivity contribution in [1.82, 2.24) is 0 Å². The number of hydrogen-bond acceptors (Lipinski definition) is 4. The molecule has 0 aromatic heterocycles. The van der Waals surface area contributed by atoms with Gasteiger partial charge in [0.25, 0.3) is 10.0 Å². The molecule has 25 heavy (non-hydrogen) atoms. The van der Waals surface area contributed by atoms with Gasteiger partial charge in [-0.3, -0.25) is 0 Å². The lowest BCUT2D eigenvalue weighted by Crippen LogP contribution is -2.26. The zero-order valence-electron chi connectivity index (χ0n) is 14.5. The van der Waals surface area contributed by atoms with E-state index in [-0.39, 0.29) is 16.6 Å². The molecule has 0 saturated carbocycles. The first-order chi connectivity index (χ1) is 11.6. The Kier molecular flexibility index (Phi) is 6.03. The first-order valence-corrected chi connectivity index (χ1v) is 11.1. The van der Waals surface area contributed by atoms with Crippen LogP contribution in [-0.4, -0.2) is 29.6 Å². The highest BCUT2D eigenvalue weighted by Crippen LogP contribution is 2.22. The van der Waals surface area contributed by atoms with Gasteiger partial charge in [0.2, 0.25) is 0 Å².